The van der Waals surface area contributed by atoms with Gasteiger partial charge in [0.2, 0.25) is 0 Å². The fourth-order valence-electron chi connectivity index (χ4n) is 1.42. The summed E-state index contributed by atoms with van der Waals surface area (Å²) in [6, 6.07) is 8.76. The zero-order valence-corrected chi connectivity index (χ0v) is 12.5. The average Bonchev–Trinajstić information content (AvgIpc) is 2.42. The second-order valence-electron chi connectivity index (χ2n) is 3.64. The summed E-state index contributed by atoms with van der Waals surface area (Å²) in [5, 5.41) is 0.788. The lowest BCUT2D eigenvalue weighted by Crippen LogP contribution is -2.02. The van der Waals surface area contributed by atoms with Crippen LogP contribution in [0.15, 0.2) is 50.9 Å². The summed E-state index contributed by atoms with van der Waals surface area (Å²) in [6.45, 7) is 0. The Bertz CT molecular complexity index is 619. The van der Waals surface area contributed by atoms with E-state index >= 15 is 0 Å². The number of hydrogen-bond donors (Lipinski definition) is 1. The zero-order chi connectivity index (χ0) is 13.8. The molecule has 1 aromatic heterocycles. The van der Waals surface area contributed by atoms with Crippen LogP contribution in [0.2, 0.25) is 0 Å². The fourth-order valence-corrected chi connectivity index (χ4v) is 2.78. The number of nitrogen functional groups attached to an aromatic ring is 1. The van der Waals surface area contributed by atoms with E-state index in [1.807, 2.05) is 12.1 Å². The lowest BCUT2D eigenvalue weighted by atomic mass is 10.2. The van der Waals surface area contributed by atoms with Gasteiger partial charge in [0.05, 0.1) is 17.1 Å². The molecule has 0 saturated heterocycles. The third-order valence-electron chi connectivity index (χ3n) is 2.37. The Morgan fingerprint density at radius 3 is 2.89 bits per heavy atom. The van der Waals surface area contributed by atoms with Gasteiger partial charge in [0, 0.05) is 16.8 Å². The number of hydrogen-bond acceptors (Lipinski definition) is 5. The highest BCUT2D eigenvalue weighted by Gasteiger charge is 2.11. The number of carbonyl (C=O) groups excluding carboxylic acids is 1. The minimum absolute atomic E-state index is 0.387. The van der Waals surface area contributed by atoms with Gasteiger partial charge in [0.15, 0.2) is 0 Å². The second kappa shape index (κ2) is 6.08. The molecule has 4 nitrogen and oxygen atoms in total. The van der Waals surface area contributed by atoms with E-state index in [1.54, 1.807) is 24.4 Å². The Morgan fingerprint density at radius 1 is 1.42 bits per heavy atom. The van der Waals surface area contributed by atoms with E-state index in [9.17, 15) is 4.79 Å². The van der Waals surface area contributed by atoms with Gasteiger partial charge < -0.3 is 10.5 Å². The monoisotopic (exact) mass is 338 g/mol. The smallest absolute Gasteiger partial charge is 0.337 e. The van der Waals surface area contributed by atoms with Crippen molar-refractivity contribution in [1.29, 1.82) is 0 Å². The lowest BCUT2D eigenvalue weighted by Gasteiger charge is -2.08. The first kappa shape index (κ1) is 13.9. The highest BCUT2D eigenvalue weighted by Crippen LogP contribution is 2.35. The lowest BCUT2D eigenvalue weighted by molar-refractivity contribution is 0.0600. The second-order valence-corrected chi connectivity index (χ2v) is 5.52. The van der Waals surface area contributed by atoms with E-state index < -0.39 is 0 Å². The molecular formula is C13H11BrN2O2S. The molecule has 2 aromatic rings. The molecule has 0 aliphatic carbocycles. The predicted octanol–water partition coefficient (Wildman–Crippen LogP) is 3.36. The van der Waals surface area contributed by atoms with Crippen molar-refractivity contribution in [1.82, 2.24) is 4.98 Å². The Kier molecular flexibility index (Phi) is 4.44. The molecule has 0 aliphatic heterocycles. The molecule has 0 unspecified atom stereocenters. The van der Waals surface area contributed by atoms with E-state index in [4.69, 9.17) is 10.5 Å². The molecule has 6 heteroatoms. The highest BCUT2D eigenvalue weighted by atomic mass is 79.9. The van der Waals surface area contributed by atoms with Crippen LogP contribution in [0, 0.1) is 0 Å². The summed E-state index contributed by atoms with van der Waals surface area (Å²) in [5.74, 6) is -0.387. The third kappa shape index (κ3) is 3.27. The summed E-state index contributed by atoms with van der Waals surface area (Å²) >= 11 is 4.82. The molecular weight excluding hydrogens is 328 g/mol. The van der Waals surface area contributed by atoms with Crippen LogP contribution >= 0.6 is 27.7 Å². The van der Waals surface area contributed by atoms with E-state index in [1.165, 1.54) is 18.9 Å². The SMILES string of the molecule is COC(=O)c1ccc(N)c(Sc2ncccc2Br)c1. The summed E-state index contributed by atoms with van der Waals surface area (Å²) in [4.78, 5) is 16.5. The number of rotatable bonds is 3. The number of halogens is 1. The summed E-state index contributed by atoms with van der Waals surface area (Å²) < 4.78 is 5.57. The number of benzene rings is 1. The van der Waals surface area contributed by atoms with Crippen molar-refractivity contribution in [2.75, 3.05) is 12.8 Å². The van der Waals surface area contributed by atoms with Crippen LogP contribution in [0.25, 0.3) is 0 Å². The van der Waals surface area contributed by atoms with Crippen LogP contribution in [0.1, 0.15) is 10.4 Å². The van der Waals surface area contributed by atoms with Gasteiger partial charge in [0.25, 0.3) is 0 Å². The molecule has 0 saturated carbocycles. The first-order valence-electron chi connectivity index (χ1n) is 5.38. The maximum Gasteiger partial charge on any atom is 0.337 e. The Hall–Kier alpha value is -1.53. The van der Waals surface area contributed by atoms with Crippen molar-refractivity contribution in [3.63, 3.8) is 0 Å². The highest BCUT2D eigenvalue weighted by molar-refractivity contribution is 9.10. The van der Waals surface area contributed by atoms with Crippen LogP contribution < -0.4 is 5.73 Å². The van der Waals surface area contributed by atoms with Crippen LogP contribution in [0.4, 0.5) is 5.69 Å². The fraction of sp³-hybridized carbons (Fsp3) is 0.0769. The van der Waals surface area contributed by atoms with E-state index in [-0.39, 0.29) is 5.97 Å². The molecule has 0 bridgehead atoms. The van der Waals surface area contributed by atoms with Gasteiger partial charge in [-0.2, -0.15) is 0 Å². The molecule has 0 fully saturated rings. The first-order chi connectivity index (χ1) is 9.11. The normalized spacial score (nSPS) is 10.2. The number of ether oxygens (including phenoxy) is 1. The maximum absolute atomic E-state index is 11.5. The molecule has 2 N–H and O–H groups in total. The quantitative estimate of drug-likeness (QED) is 0.686. The van der Waals surface area contributed by atoms with E-state index in [0.717, 1.165) is 14.4 Å². The van der Waals surface area contributed by atoms with Gasteiger partial charge in [-0.3, -0.25) is 0 Å². The van der Waals surface area contributed by atoms with Gasteiger partial charge in [0.1, 0.15) is 5.03 Å². The minimum atomic E-state index is -0.387. The Balaban J connectivity index is 2.34. The number of nitrogens with two attached hydrogens (primary N) is 1. The summed E-state index contributed by atoms with van der Waals surface area (Å²) in [7, 11) is 1.35. The largest absolute Gasteiger partial charge is 0.465 e. The topological polar surface area (TPSA) is 65.2 Å². The van der Waals surface area contributed by atoms with Gasteiger partial charge in [-0.1, -0.05) is 11.8 Å². The van der Waals surface area contributed by atoms with Crippen LogP contribution in [-0.4, -0.2) is 18.1 Å². The van der Waals surface area contributed by atoms with Gasteiger partial charge in [-0.05, 0) is 46.3 Å². The number of anilines is 1. The third-order valence-corrected chi connectivity index (χ3v) is 4.36. The minimum Gasteiger partial charge on any atom is -0.465 e. The molecule has 0 aliphatic rings. The first-order valence-corrected chi connectivity index (χ1v) is 6.99. The van der Waals surface area contributed by atoms with Gasteiger partial charge in [-0.15, -0.1) is 0 Å². The van der Waals surface area contributed by atoms with Crippen molar-refractivity contribution in [3.05, 3.63) is 46.6 Å². The van der Waals surface area contributed by atoms with Crippen molar-refractivity contribution >= 4 is 39.3 Å². The number of aromatic nitrogens is 1. The van der Waals surface area contributed by atoms with Crippen molar-refractivity contribution in [2.24, 2.45) is 0 Å². The predicted molar refractivity (Wildman–Crippen MR) is 78.3 cm³/mol. The number of nitrogens with zero attached hydrogens (tertiary/aromatic N) is 1. The molecule has 98 valence electrons. The van der Waals surface area contributed by atoms with Crippen LogP contribution in [-0.2, 0) is 4.74 Å². The molecule has 0 amide bonds. The molecule has 0 atom stereocenters. The summed E-state index contributed by atoms with van der Waals surface area (Å²) in [5.41, 5.74) is 6.97. The number of carbonyl (C=O) groups is 1. The molecule has 1 aromatic carbocycles. The molecule has 19 heavy (non-hydrogen) atoms. The van der Waals surface area contributed by atoms with Crippen LogP contribution in [0.5, 0.6) is 0 Å². The number of pyridine rings is 1. The maximum atomic E-state index is 11.5. The Morgan fingerprint density at radius 2 is 2.21 bits per heavy atom. The van der Waals surface area contributed by atoms with Crippen molar-refractivity contribution in [2.45, 2.75) is 9.92 Å². The van der Waals surface area contributed by atoms with E-state index in [0.29, 0.717) is 11.3 Å². The summed E-state index contributed by atoms with van der Waals surface area (Å²) in [6.07, 6.45) is 1.70. The molecule has 2 rings (SSSR count). The molecule has 0 radical (unpaired) electrons. The average molecular weight is 339 g/mol. The van der Waals surface area contributed by atoms with Gasteiger partial charge in [-0.25, -0.2) is 9.78 Å². The van der Waals surface area contributed by atoms with Crippen LogP contribution in [0.3, 0.4) is 0 Å². The van der Waals surface area contributed by atoms with Gasteiger partial charge >= 0.3 is 5.97 Å². The van der Waals surface area contributed by atoms with Crippen molar-refractivity contribution in [3.8, 4) is 0 Å². The number of esters is 1. The van der Waals surface area contributed by atoms with Crippen molar-refractivity contribution < 1.29 is 9.53 Å². The Labute approximate surface area is 123 Å². The molecule has 1 heterocycles. The standard InChI is InChI=1S/C13H11BrN2O2S/c1-18-13(17)8-4-5-10(15)11(7-8)19-12-9(14)3-2-6-16-12/h2-7H,15H2,1H3. The number of methoxy groups -OCH3 is 1. The van der Waals surface area contributed by atoms with E-state index in [2.05, 4.69) is 20.9 Å². The molecule has 0 spiro atoms. The zero-order valence-electron chi connectivity index (χ0n) is 10.1.